The van der Waals surface area contributed by atoms with Crippen molar-refractivity contribution >= 4 is 17.8 Å². The largest absolute Gasteiger partial charge is 0.464 e. The van der Waals surface area contributed by atoms with Gasteiger partial charge >= 0.3 is 6.03 Å². The van der Waals surface area contributed by atoms with Crippen LogP contribution in [0.25, 0.3) is 0 Å². The number of hydrogen-bond donors (Lipinski definition) is 2. The topological polar surface area (TPSA) is 101 Å². The van der Waals surface area contributed by atoms with Crippen molar-refractivity contribution in [2.24, 2.45) is 5.73 Å². The van der Waals surface area contributed by atoms with Crippen LogP contribution in [0.15, 0.2) is 34.7 Å². The van der Waals surface area contributed by atoms with E-state index >= 15 is 0 Å². The standard InChI is InChI=1S/C16H18N4O3/c1-10-7-8-13(23-10)12-5-3-9-20(12)16(22)19-14-6-2-4-11(18-14)15(17)21/h2,4,6-8,12H,3,5,9H2,1H3,(H2,17,21)(H,18,19,22). The number of furan rings is 1. The van der Waals surface area contributed by atoms with E-state index in [0.717, 1.165) is 24.4 Å². The van der Waals surface area contributed by atoms with Gasteiger partial charge in [-0.1, -0.05) is 6.07 Å². The number of hydrogen-bond acceptors (Lipinski definition) is 4. The lowest BCUT2D eigenvalue weighted by atomic mass is 10.2. The SMILES string of the molecule is Cc1ccc(C2CCCN2C(=O)Nc2cccc(C(N)=O)n2)o1. The van der Waals surface area contributed by atoms with Crippen molar-refractivity contribution in [1.82, 2.24) is 9.88 Å². The van der Waals surface area contributed by atoms with Crippen molar-refractivity contribution < 1.29 is 14.0 Å². The molecule has 1 aliphatic rings. The molecule has 3 N–H and O–H groups in total. The quantitative estimate of drug-likeness (QED) is 0.908. The average molecular weight is 314 g/mol. The second-order valence-electron chi connectivity index (χ2n) is 5.50. The van der Waals surface area contributed by atoms with Crippen LogP contribution in [0.5, 0.6) is 0 Å². The Labute approximate surface area is 133 Å². The number of likely N-dealkylation sites (tertiary alicyclic amines) is 1. The maximum atomic E-state index is 12.5. The van der Waals surface area contributed by atoms with E-state index in [-0.39, 0.29) is 17.8 Å². The highest BCUT2D eigenvalue weighted by atomic mass is 16.3. The number of nitrogens with zero attached hydrogens (tertiary/aromatic N) is 2. The maximum Gasteiger partial charge on any atom is 0.323 e. The van der Waals surface area contributed by atoms with Crippen LogP contribution in [0.4, 0.5) is 10.6 Å². The van der Waals surface area contributed by atoms with E-state index in [1.165, 1.54) is 6.07 Å². The van der Waals surface area contributed by atoms with E-state index in [0.29, 0.717) is 12.4 Å². The van der Waals surface area contributed by atoms with Crippen LogP contribution in [0, 0.1) is 6.92 Å². The van der Waals surface area contributed by atoms with Crippen LogP contribution in [0.1, 0.15) is 40.9 Å². The number of nitrogens with two attached hydrogens (primary N) is 1. The van der Waals surface area contributed by atoms with E-state index in [4.69, 9.17) is 10.2 Å². The van der Waals surface area contributed by atoms with Crippen LogP contribution < -0.4 is 11.1 Å². The molecular weight excluding hydrogens is 296 g/mol. The van der Waals surface area contributed by atoms with E-state index in [2.05, 4.69) is 10.3 Å². The summed E-state index contributed by atoms with van der Waals surface area (Å²) in [6.07, 6.45) is 1.77. The summed E-state index contributed by atoms with van der Waals surface area (Å²) in [4.78, 5) is 29.4. The number of carbonyl (C=O) groups excluding carboxylic acids is 2. The van der Waals surface area contributed by atoms with E-state index in [9.17, 15) is 9.59 Å². The minimum atomic E-state index is -0.633. The highest BCUT2D eigenvalue weighted by Crippen LogP contribution is 2.33. The third-order valence-electron chi connectivity index (χ3n) is 3.84. The van der Waals surface area contributed by atoms with E-state index in [1.807, 2.05) is 19.1 Å². The highest BCUT2D eigenvalue weighted by Gasteiger charge is 2.32. The Kier molecular flexibility index (Phi) is 4.01. The average Bonchev–Trinajstić information content (AvgIpc) is 3.15. The molecule has 2 aromatic rings. The minimum absolute atomic E-state index is 0.0805. The third kappa shape index (κ3) is 3.18. The summed E-state index contributed by atoms with van der Waals surface area (Å²) in [5.41, 5.74) is 5.31. The van der Waals surface area contributed by atoms with Crippen molar-refractivity contribution in [3.8, 4) is 0 Å². The Bertz CT molecular complexity index is 740. The Balaban J connectivity index is 1.74. The van der Waals surface area contributed by atoms with Crippen molar-refractivity contribution in [2.75, 3.05) is 11.9 Å². The van der Waals surface area contributed by atoms with Crippen molar-refractivity contribution in [3.05, 3.63) is 47.5 Å². The highest BCUT2D eigenvalue weighted by molar-refractivity contribution is 5.93. The van der Waals surface area contributed by atoms with Gasteiger partial charge < -0.3 is 15.1 Å². The van der Waals surface area contributed by atoms with Crippen LogP contribution in [0.3, 0.4) is 0 Å². The van der Waals surface area contributed by atoms with Gasteiger partial charge in [0, 0.05) is 6.54 Å². The molecule has 0 aromatic carbocycles. The molecule has 3 amide bonds. The second kappa shape index (κ2) is 6.12. The zero-order chi connectivity index (χ0) is 16.4. The molecule has 1 fully saturated rings. The smallest absolute Gasteiger partial charge is 0.323 e. The summed E-state index contributed by atoms with van der Waals surface area (Å²) in [5, 5.41) is 2.71. The number of amides is 3. The molecule has 0 saturated carbocycles. The molecule has 3 rings (SSSR count). The van der Waals surface area contributed by atoms with Gasteiger partial charge in [-0.3, -0.25) is 10.1 Å². The van der Waals surface area contributed by atoms with Gasteiger partial charge in [0.1, 0.15) is 23.0 Å². The maximum absolute atomic E-state index is 12.5. The van der Waals surface area contributed by atoms with Gasteiger partial charge in [0.25, 0.3) is 5.91 Å². The van der Waals surface area contributed by atoms with E-state index in [1.54, 1.807) is 17.0 Å². The predicted octanol–water partition coefficient (Wildman–Crippen LogP) is 2.45. The van der Waals surface area contributed by atoms with Crippen molar-refractivity contribution in [1.29, 1.82) is 0 Å². The molecular formula is C16H18N4O3. The number of nitrogens with one attached hydrogen (secondary N) is 1. The number of carbonyl (C=O) groups is 2. The zero-order valence-corrected chi connectivity index (χ0v) is 12.8. The Morgan fingerprint density at radius 3 is 2.87 bits per heavy atom. The molecule has 1 atom stereocenters. The molecule has 1 unspecified atom stereocenters. The summed E-state index contributed by atoms with van der Waals surface area (Å²) in [5.74, 6) is 1.27. The number of aromatic nitrogens is 1. The summed E-state index contributed by atoms with van der Waals surface area (Å²) < 4.78 is 5.65. The molecule has 120 valence electrons. The number of primary amides is 1. The molecule has 1 aliphatic heterocycles. The van der Waals surface area contributed by atoms with Crippen LogP contribution in [-0.4, -0.2) is 28.4 Å². The fraction of sp³-hybridized carbons (Fsp3) is 0.312. The first kappa shape index (κ1) is 15.1. The van der Waals surface area contributed by atoms with Gasteiger partial charge in [-0.15, -0.1) is 0 Å². The first-order chi connectivity index (χ1) is 11.0. The number of rotatable bonds is 3. The normalized spacial score (nSPS) is 17.3. The Morgan fingerprint density at radius 2 is 2.17 bits per heavy atom. The predicted molar refractivity (Wildman–Crippen MR) is 83.9 cm³/mol. The number of aryl methyl sites for hydroxylation is 1. The fourth-order valence-electron chi connectivity index (χ4n) is 2.76. The fourth-order valence-corrected chi connectivity index (χ4v) is 2.76. The van der Waals surface area contributed by atoms with Crippen molar-refractivity contribution in [3.63, 3.8) is 0 Å². The third-order valence-corrected chi connectivity index (χ3v) is 3.84. The van der Waals surface area contributed by atoms with Crippen LogP contribution in [-0.2, 0) is 0 Å². The molecule has 3 heterocycles. The minimum Gasteiger partial charge on any atom is -0.464 e. The number of anilines is 1. The monoisotopic (exact) mass is 314 g/mol. The van der Waals surface area contributed by atoms with Gasteiger partial charge in [0.2, 0.25) is 0 Å². The van der Waals surface area contributed by atoms with Crippen LogP contribution >= 0.6 is 0 Å². The summed E-state index contributed by atoms with van der Waals surface area (Å²) >= 11 is 0. The molecule has 0 radical (unpaired) electrons. The number of urea groups is 1. The van der Waals surface area contributed by atoms with Crippen molar-refractivity contribution in [2.45, 2.75) is 25.8 Å². The van der Waals surface area contributed by atoms with Gasteiger partial charge in [0.05, 0.1) is 6.04 Å². The van der Waals surface area contributed by atoms with Crippen LogP contribution in [0.2, 0.25) is 0 Å². The molecule has 23 heavy (non-hydrogen) atoms. The first-order valence-corrected chi connectivity index (χ1v) is 7.45. The zero-order valence-electron chi connectivity index (χ0n) is 12.8. The number of pyridine rings is 1. The first-order valence-electron chi connectivity index (χ1n) is 7.45. The Hall–Kier alpha value is -2.83. The molecule has 0 aliphatic carbocycles. The lowest BCUT2D eigenvalue weighted by Gasteiger charge is -2.23. The molecule has 7 nitrogen and oxygen atoms in total. The lowest BCUT2D eigenvalue weighted by Crippen LogP contribution is -2.34. The van der Waals surface area contributed by atoms with Gasteiger partial charge in [0.15, 0.2) is 0 Å². The molecule has 7 heteroatoms. The molecule has 2 aromatic heterocycles. The molecule has 1 saturated heterocycles. The summed E-state index contributed by atoms with van der Waals surface area (Å²) in [6, 6.07) is 8.19. The second-order valence-corrected chi connectivity index (χ2v) is 5.50. The summed E-state index contributed by atoms with van der Waals surface area (Å²) in [6.45, 7) is 2.52. The Morgan fingerprint density at radius 1 is 1.35 bits per heavy atom. The van der Waals surface area contributed by atoms with Gasteiger partial charge in [-0.2, -0.15) is 0 Å². The van der Waals surface area contributed by atoms with Gasteiger partial charge in [-0.25, -0.2) is 9.78 Å². The van der Waals surface area contributed by atoms with E-state index < -0.39 is 5.91 Å². The molecule has 0 spiro atoms. The van der Waals surface area contributed by atoms with Gasteiger partial charge in [-0.05, 0) is 44.0 Å². The lowest BCUT2D eigenvalue weighted by molar-refractivity contribution is 0.0995. The summed E-state index contributed by atoms with van der Waals surface area (Å²) in [7, 11) is 0. The molecule has 0 bridgehead atoms.